The molecule has 0 heterocycles. The highest BCUT2D eigenvalue weighted by atomic mass is 19.2. The number of esters is 2. The van der Waals surface area contributed by atoms with Crippen LogP contribution in [0.4, 0.5) is 17.6 Å². The molecule has 0 aliphatic carbocycles. The molecule has 0 fully saturated rings. The fourth-order valence-corrected chi connectivity index (χ4v) is 1.39. The molecule has 1 rings (SSSR count). The predicted molar refractivity (Wildman–Crippen MR) is 61.9 cm³/mol. The van der Waals surface area contributed by atoms with Crippen LogP contribution in [0.15, 0.2) is 6.07 Å². The van der Waals surface area contributed by atoms with E-state index in [2.05, 4.69) is 9.47 Å². The monoisotopic (exact) mass is 308 g/mol. The van der Waals surface area contributed by atoms with Crippen molar-refractivity contribution in [3.05, 3.63) is 34.9 Å². The van der Waals surface area contributed by atoms with E-state index in [-0.39, 0.29) is 19.4 Å². The van der Waals surface area contributed by atoms with E-state index >= 15 is 0 Å². The minimum absolute atomic E-state index is 0.160. The van der Waals surface area contributed by atoms with Gasteiger partial charge >= 0.3 is 11.9 Å². The summed E-state index contributed by atoms with van der Waals surface area (Å²) in [4.78, 5) is 22.2. The third kappa shape index (κ3) is 4.73. The quantitative estimate of drug-likeness (QED) is 0.351. The van der Waals surface area contributed by atoms with Crippen LogP contribution in [-0.4, -0.2) is 18.5 Å². The number of halogens is 4. The van der Waals surface area contributed by atoms with Gasteiger partial charge in [-0.1, -0.05) is 0 Å². The SMILES string of the molecule is CCOC(=O)CCC(=O)OCc1cc(F)c(F)c(F)c1F. The molecule has 0 saturated carbocycles. The Morgan fingerprint density at radius 3 is 2.10 bits per heavy atom. The molecule has 0 aliphatic heterocycles. The molecule has 0 atom stereocenters. The highest BCUT2D eigenvalue weighted by Gasteiger charge is 2.19. The van der Waals surface area contributed by atoms with E-state index in [1.54, 1.807) is 6.92 Å². The first kappa shape index (κ1) is 16.9. The summed E-state index contributed by atoms with van der Waals surface area (Å²) in [7, 11) is 0. The minimum Gasteiger partial charge on any atom is -0.466 e. The van der Waals surface area contributed by atoms with Crippen molar-refractivity contribution in [2.24, 2.45) is 0 Å². The molecule has 21 heavy (non-hydrogen) atoms. The first-order valence-electron chi connectivity index (χ1n) is 5.99. The number of ether oxygens (including phenoxy) is 2. The van der Waals surface area contributed by atoms with E-state index in [0.29, 0.717) is 6.07 Å². The number of rotatable bonds is 6. The lowest BCUT2D eigenvalue weighted by Gasteiger charge is -2.07. The van der Waals surface area contributed by atoms with Gasteiger partial charge in [-0.3, -0.25) is 9.59 Å². The van der Waals surface area contributed by atoms with Gasteiger partial charge in [0.1, 0.15) is 6.61 Å². The molecule has 0 unspecified atom stereocenters. The lowest BCUT2D eigenvalue weighted by Crippen LogP contribution is -2.11. The fourth-order valence-electron chi connectivity index (χ4n) is 1.39. The maximum Gasteiger partial charge on any atom is 0.306 e. The lowest BCUT2D eigenvalue weighted by atomic mass is 10.2. The Hall–Kier alpha value is -2.12. The van der Waals surface area contributed by atoms with Crippen molar-refractivity contribution in [2.45, 2.75) is 26.4 Å². The highest BCUT2D eigenvalue weighted by molar-refractivity contribution is 5.77. The summed E-state index contributed by atoms with van der Waals surface area (Å²) in [6, 6.07) is 0.395. The van der Waals surface area contributed by atoms with E-state index < -0.39 is 47.4 Å². The average molecular weight is 308 g/mol. The van der Waals surface area contributed by atoms with Gasteiger partial charge < -0.3 is 9.47 Å². The summed E-state index contributed by atoms with van der Waals surface area (Å²) < 4.78 is 60.9. The molecule has 0 bridgehead atoms. The third-order valence-electron chi connectivity index (χ3n) is 2.41. The first-order chi connectivity index (χ1) is 9.86. The Labute approximate surface area is 117 Å². The summed E-state index contributed by atoms with van der Waals surface area (Å²) >= 11 is 0. The number of benzene rings is 1. The molecule has 4 nitrogen and oxygen atoms in total. The van der Waals surface area contributed by atoms with E-state index in [4.69, 9.17) is 0 Å². The van der Waals surface area contributed by atoms with Crippen LogP contribution in [0.2, 0.25) is 0 Å². The van der Waals surface area contributed by atoms with Crippen LogP contribution in [0.5, 0.6) is 0 Å². The van der Waals surface area contributed by atoms with Crippen LogP contribution in [0.1, 0.15) is 25.3 Å². The molecule has 0 amide bonds. The topological polar surface area (TPSA) is 52.6 Å². The second-order valence-electron chi connectivity index (χ2n) is 3.93. The molecule has 0 aromatic heterocycles. The zero-order chi connectivity index (χ0) is 16.0. The molecule has 1 aromatic carbocycles. The maximum absolute atomic E-state index is 13.3. The Bertz CT molecular complexity index is 545. The van der Waals surface area contributed by atoms with Gasteiger partial charge in [0, 0.05) is 5.56 Å². The zero-order valence-corrected chi connectivity index (χ0v) is 11.1. The molecular formula is C13H12F4O4. The highest BCUT2D eigenvalue weighted by Crippen LogP contribution is 2.19. The minimum atomic E-state index is -1.98. The van der Waals surface area contributed by atoms with Crippen molar-refractivity contribution in [2.75, 3.05) is 6.61 Å². The van der Waals surface area contributed by atoms with Crippen molar-refractivity contribution in [3.63, 3.8) is 0 Å². The summed E-state index contributed by atoms with van der Waals surface area (Å²) in [6.07, 6.45) is -0.562. The molecule has 1 aromatic rings. The van der Waals surface area contributed by atoms with Crippen molar-refractivity contribution >= 4 is 11.9 Å². The molecule has 116 valence electrons. The van der Waals surface area contributed by atoms with Crippen LogP contribution < -0.4 is 0 Å². The van der Waals surface area contributed by atoms with E-state index in [0.717, 1.165) is 0 Å². The first-order valence-corrected chi connectivity index (χ1v) is 5.99. The van der Waals surface area contributed by atoms with Crippen LogP contribution in [0.25, 0.3) is 0 Å². The van der Waals surface area contributed by atoms with Gasteiger partial charge in [0.2, 0.25) is 0 Å². The summed E-state index contributed by atoms with van der Waals surface area (Å²) in [5, 5.41) is 0. The number of hydrogen-bond acceptors (Lipinski definition) is 4. The summed E-state index contributed by atoms with van der Waals surface area (Å²) in [6.45, 7) is 0.978. The third-order valence-corrected chi connectivity index (χ3v) is 2.41. The van der Waals surface area contributed by atoms with E-state index in [9.17, 15) is 27.2 Å². The van der Waals surface area contributed by atoms with Crippen LogP contribution in [-0.2, 0) is 25.7 Å². The number of carbonyl (C=O) groups is 2. The van der Waals surface area contributed by atoms with Gasteiger partial charge in [0.15, 0.2) is 23.3 Å². The van der Waals surface area contributed by atoms with Gasteiger partial charge in [0.25, 0.3) is 0 Å². The molecule has 0 saturated heterocycles. The number of carbonyl (C=O) groups excluding carboxylic acids is 2. The average Bonchev–Trinajstić information content (AvgIpc) is 2.45. The van der Waals surface area contributed by atoms with Crippen LogP contribution in [0.3, 0.4) is 0 Å². The predicted octanol–water partition coefficient (Wildman–Crippen LogP) is 2.63. The Morgan fingerprint density at radius 1 is 0.952 bits per heavy atom. The standard InChI is InChI=1S/C13H12F4O4/c1-2-20-9(18)3-4-10(19)21-6-7-5-8(14)12(16)13(17)11(7)15/h5H,2-4,6H2,1H3. The maximum atomic E-state index is 13.3. The van der Waals surface area contributed by atoms with Crippen molar-refractivity contribution in [1.29, 1.82) is 0 Å². The smallest absolute Gasteiger partial charge is 0.306 e. The van der Waals surface area contributed by atoms with Gasteiger partial charge in [-0.25, -0.2) is 17.6 Å². The Balaban J connectivity index is 2.56. The molecular weight excluding hydrogens is 296 g/mol. The van der Waals surface area contributed by atoms with Gasteiger partial charge in [0.05, 0.1) is 19.4 Å². The molecule has 0 spiro atoms. The largest absolute Gasteiger partial charge is 0.466 e. The summed E-state index contributed by atoms with van der Waals surface area (Å²) in [5.74, 6) is -8.64. The summed E-state index contributed by atoms with van der Waals surface area (Å²) in [5.41, 5.74) is -0.643. The van der Waals surface area contributed by atoms with Crippen molar-refractivity contribution in [3.8, 4) is 0 Å². The van der Waals surface area contributed by atoms with Crippen molar-refractivity contribution < 1.29 is 36.6 Å². The van der Waals surface area contributed by atoms with Gasteiger partial charge in [-0.05, 0) is 13.0 Å². The van der Waals surface area contributed by atoms with E-state index in [1.807, 2.05) is 0 Å². The lowest BCUT2D eigenvalue weighted by molar-refractivity contribution is -0.150. The number of hydrogen-bond donors (Lipinski definition) is 0. The normalized spacial score (nSPS) is 10.3. The van der Waals surface area contributed by atoms with Crippen LogP contribution in [0, 0.1) is 23.3 Å². The van der Waals surface area contributed by atoms with Gasteiger partial charge in [-0.15, -0.1) is 0 Å². The molecule has 0 N–H and O–H groups in total. The fraction of sp³-hybridized carbons (Fsp3) is 0.385. The molecule has 0 aliphatic rings. The zero-order valence-electron chi connectivity index (χ0n) is 11.1. The second-order valence-corrected chi connectivity index (χ2v) is 3.93. The molecule has 8 heteroatoms. The second kappa shape index (κ2) is 7.61. The van der Waals surface area contributed by atoms with E-state index in [1.165, 1.54) is 0 Å². The Morgan fingerprint density at radius 2 is 1.52 bits per heavy atom. The Kier molecular flexibility index (Phi) is 6.13. The van der Waals surface area contributed by atoms with Gasteiger partial charge in [-0.2, -0.15) is 0 Å². The molecule has 0 radical (unpaired) electrons. The van der Waals surface area contributed by atoms with Crippen LogP contribution >= 0.6 is 0 Å². The van der Waals surface area contributed by atoms with Crippen molar-refractivity contribution in [1.82, 2.24) is 0 Å².